The summed E-state index contributed by atoms with van der Waals surface area (Å²) in [6, 6.07) is 9.58. The molecule has 0 fully saturated rings. The van der Waals surface area contributed by atoms with E-state index in [-0.39, 0.29) is 18.1 Å². The maximum Gasteiger partial charge on any atom is 0.354 e. The highest BCUT2D eigenvalue weighted by Crippen LogP contribution is 2.06. The van der Waals surface area contributed by atoms with Crippen LogP contribution in [0, 0.1) is 0 Å². The first-order chi connectivity index (χ1) is 9.56. The van der Waals surface area contributed by atoms with Gasteiger partial charge < -0.3 is 16.2 Å². The Kier molecular flexibility index (Phi) is 3.95. The molecule has 4 N–H and O–H groups in total. The highest BCUT2D eigenvalue weighted by Gasteiger charge is 2.06. The van der Waals surface area contributed by atoms with Gasteiger partial charge in [-0.05, 0) is 35.9 Å². The quantitative estimate of drug-likeness (QED) is 0.727. The van der Waals surface area contributed by atoms with Crippen LogP contribution in [-0.4, -0.2) is 22.0 Å². The van der Waals surface area contributed by atoms with E-state index in [1.54, 1.807) is 30.3 Å². The number of rotatable bonds is 4. The lowest BCUT2D eigenvalue weighted by atomic mass is 10.2. The first-order valence-electron chi connectivity index (χ1n) is 5.88. The molecule has 0 saturated heterocycles. The molecule has 0 saturated carbocycles. The van der Waals surface area contributed by atoms with Crippen LogP contribution in [0.4, 0.5) is 5.69 Å². The number of aromatic carboxylic acids is 1. The first-order valence-corrected chi connectivity index (χ1v) is 5.88. The Bertz CT molecular complexity index is 621. The third-order valence-corrected chi connectivity index (χ3v) is 2.67. The van der Waals surface area contributed by atoms with Crippen LogP contribution in [0.15, 0.2) is 42.6 Å². The molecule has 102 valence electrons. The summed E-state index contributed by atoms with van der Waals surface area (Å²) in [7, 11) is 0. The number of carbonyl (C=O) groups is 2. The second-order valence-electron chi connectivity index (χ2n) is 4.16. The molecule has 0 aliphatic rings. The van der Waals surface area contributed by atoms with E-state index < -0.39 is 5.97 Å². The summed E-state index contributed by atoms with van der Waals surface area (Å²) in [6.07, 6.45) is 1.42. The molecule has 1 aromatic carbocycles. The lowest BCUT2D eigenvalue weighted by molar-refractivity contribution is 0.0690. The van der Waals surface area contributed by atoms with Crippen LogP contribution in [-0.2, 0) is 6.54 Å². The fourth-order valence-electron chi connectivity index (χ4n) is 1.57. The van der Waals surface area contributed by atoms with E-state index in [4.69, 9.17) is 10.8 Å². The molecule has 6 nitrogen and oxygen atoms in total. The third kappa shape index (κ3) is 3.32. The molecule has 0 unspecified atom stereocenters. The molecule has 0 spiro atoms. The molecule has 0 aliphatic heterocycles. The zero-order valence-electron chi connectivity index (χ0n) is 10.5. The second kappa shape index (κ2) is 5.83. The van der Waals surface area contributed by atoms with E-state index in [1.165, 1.54) is 12.3 Å². The van der Waals surface area contributed by atoms with Gasteiger partial charge in [0.25, 0.3) is 5.91 Å². The van der Waals surface area contributed by atoms with E-state index in [1.807, 2.05) is 0 Å². The van der Waals surface area contributed by atoms with E-state index in [2.05, 4.69) is 10.3 Å². The summed E-state index contributed by atoms with van der Waals surface area (Å²) < 4.78 is 0. The highest BCUT2D eigenvalue weighted by atomic mass is 16.4. The van der Waals surface area contributed by atoms with Gasteiger partial charge in [0.1, 0.15) is 5.69 Å². The first kappa shape index (κ1) is 13.5. The average molecular weight is 271 g/mol. The number of hydrogen-bond donors (Lipinski definition) is 3. The number of nitrogen functional groups attached to an aromatic ring is 1. The molecule has 0 radical (unpaired) electrons. The Morgan fingerprint density at radius 1 is 1.15 bits per heavy atom. The predicted molar refractivity (Wildman–Crippen MR) is 73.2 cm³/mol. The van der Waals surface area contributed by atoms with Gasteiger partial charge in [-0.2, -0.15) is 0 Å². The van der Waals surface area contributed by atoms with Crippen LogP contribution in [0.25, 0.3) is 0 Å². The lowest BCUT2D eigenvalue weighted by Gasteiger charge is -2.05. The van der Waals surface area contributed by atoms with E-state index >= 15 is 0 Å². The van der Waals surface area contributed by atoms with E-state index in [0.29, 0.717) is 11.3 Å². The third-order valence-electron chi connectivity index (χ3n) is 2.67. The number of anilines is 1. The number of nitrogens with zero attached hydrogens (tertiary/aromatic N) is 1. The molecule has 2 rings (SSSR count). The zero-order chi connectivity index (χ0) is 14.5. The molecular formula is C14H13N3O3. The van der Waals surface area contributed by atoms with Crippen molar-refractivity contribution < 1.29 is 14.7 Å². The van der Waals surface area contributed by atoms with Crippen LogP contribution in [0.2, 0.25) is 0 Å². The summed E-state index contributed by atoms with van der Waals surface area (Å²) in [5, 5.41) is 11.4. The SMILES string of the molecule is Nc1ccc(C(=O)NCc2ccc(C(=O)O)nc2)cc1. The molecular weight excluding hydrogens is 258 g/mol. The molecule has 6 heteroatoms. The second-order valence-corrected chi connectivity index (χ2v) is 4.16. The molecule has 0 aliphatic carbocycles. The van der Waals surface area contributed by atoms with Gasteiger partial charge in [-0.15, -0.1) is 0 Å². The van der Waals surface area contributed by atoms with Crippen LogP contribution in [0.1, 0.15) is 26.4 Å². The number of carboxylic acid groups (broad SMARTS) is 1. The Morgan fingerprint density at radius 3 is 2.40 bits per heavy atom. The predicted octanol–water partition coefficient (Wildman–Crippen LogP) is 1.29. The number of carbonyl (C=O) groups excluding carboxylic acids is 1. The van der Waals surface area contributed by atoms with Gasteiger partial charge in [0, 0.05) is 24.0 Å². The fraction of sp³-hybridized carbons (Fsp3) is 0.0714. The van der Waals surface area contributed by atoms with Crippen molar-refractivity contribution in [3.63, 3.8) is 0 Å². The molecule has 1 aromatic heterocycles. The number of benzene rings is 1. The number of nitrogens with two attached hydrogens (primary N) is 1. The zero-order valence-corrected chi connectivity index (χ0v) is 10.5. The minimum atomic E-state index is -1.08. The topological polar surface area (TPSA) is 105 Å². The Morgan fingerprint density at radius 2 is 1.85 bits per heavy atom. The lowest BCUT2D eigenvalue weighted by Crippen LogP contribution is -2.22. The van der Waals surface area contributed by atoms with Crippen molar-refractivity contribution in [3.05, 3.63) is 59.4 Å². The number of hydrogen-bond acceptors (Lipinski definition) is 4. The molecule has 0 atom stereocenters. The number of aromatic nitrogens is 1. The molecule has 1 amide bonds. The molecule has 2 aromatic rings. The number of amides is 1. The summed E-state index contributed by atoms with van der Waals surface area (Å²) in [6.45, 7) is 0.274. The van der Waals surface area contributed by atoms with Gasteiger partial charge in [0.05, 0.1) is 0 Å². The Labute approximate surface area is 115 Å². The average Bonchev–Trinajstić information content (AvgIpc) is 2.46. The van der Waals surface area contributed by atoms with Crippen molar-refractivity contribution >= 4 is 17.6 Å². The maximum atomic E-state index is 11.8. The van der Waals surface area contributed by atoms with Crippen molar-refractivity contribution in [3.8, 4) is 0 Å². The van der Waals surface area contributed by atoms with Crippen molar-refractivity contribution in [2.24, 2.45) is 0 Å². The molecule has 20 heavy (non-hydrogen) atoms. The van der Waals surface area contributed by atoms with Gasteiger partial charge in [-0.25, -0.2) is 9.78 Å². The maximum absolute atomic E-state index is 11.8. The normalized spacial score (nSPS) is 10.0. The fourth-order valence-corrected chi connectivity index (χ4v) is 1.57. The standard InChI is InChI=1S/C14H13N3O3/c15-11-4-2-10(3-5-11)13(18)17-8-9-1-6-12(14(19)20)16-7-9/h1-7H,8,15H2,(H,17,18)(H,19,20). The van der Waals surface area contributed by atoms with Gasteiger partial charge in [-0.3, -0.25) is 4.79 Å². The Hall–Kier alpha value is -2.89. The van der Waals surface area contributed by atoms with E-state index in [0.717, 1.165) is 5.56 Å². The van der Waals surface area contributed by atoms with Crippen LogP contribution in [0.5, 0.6) is 0 Å². The number of carboxylic acids is 1. The van der Waals surface area contributed by atoms with Gasteiger partial charge in [0.15, 0.2) is 0 Å². The van der Waals surface area contributed by atoms with E-state index in [9.17, 15) is 9.59 Å². The van der Waals surface area contributed by atoms with Crippen molar-refractivity contribution in [2.75, 3.05) is 5.73 Å². The van der Waals surface area contributed by atoms with Crippen molar-refractivity contribution in [1.29, 1.82) is 0 Å². The molecule has 0 bridgehead atoms. The van der Waals surface area contributed by atoms with Crippen molar-refractivity contribution in [2.45, 2.75) is 6.54 Å². The minimum absolute atomic E-state index is 0.0291. The van der Waals surface area contributed by atoms with Crippen LogP contribution < -0.4 is 11.1 Å². The van der Waals surface area contributed by atoms with Gasteiger partial charge in [0.2, 0.25) is 0 Å². The highest BCUT2D eigenvalue weighted by molar-refractivity contribution is 5.94. The smallest absolute Gasteiger partial charge is 0.354 e. The summed E-state index contributed by atoms with van der Waals surface area (Å²) in [5.41, 5.74) is 7.34. The summed E-state index contributed by atoms with van der Waals surface area (Å²) in [5.74, 6) is -1.31. The number of pyridine rings is 1. The summed E-state index contributed by atoms with van der Waals surface area (Å²) >= 11 is 0. The van der Waals surface area contributed by atoms with Crippen molar-refractivity contribution in [1.82, 2.24) is 10.3 Å². The Balaban J connectivity index is 1.96. The van der Waals surface area contributed by atoms with Gasteiger partial charge >= 0.3 is 5.97 Å². The van der Waals surface area contributed by atoms with Crippen LogP contribution >= 0.6 is 0 Å². The van der Waals surface area contributed by atoms with Gasteiger partial charge in [-0.1, -0.05) is 6.07 Å². The largest absolute Gasteiger partial charge is 0.477 e. The summed E-state index contributed by atoms with van der Waals surface area (Å²) in [4.78, 5) is 26.3. The number of nitrogens with one attached hydrogen (secondary N) is 1. The minimum Gasteiger partial charge on any atom is -0.477 e. The van der Waals surface area contributed by atoms with Crippen LogP contribution in [0.3, 0.4) is 0 Å². The monoisotopic (exact) mass is 271 g/mol. The molecule has 1 heterocycles.